The molecule has 2 aromatic carbocycles. The lowest BCUT2D eigenvalue weighted by Crippen LogP contribution is -2.41. The number of piperidine rings is 1. The third-order valence-corrected chi connectivity index (χ3v) is 8.94. The van der Waals surface area contributed by atoms with Crippen LogP contribution >= 0.6 is 0 Å². The Morgan fingerprint density at radius 3 is 2.14 bits per heavy atom. The highest BCUT2D eigenvalue weighted by molar-refractivity contribution is 7.89. The van der Waals surface area contributed by atoms with Crippen molar-refractivity contribution in [1.29, 1.82) is 0 Å². The molecule has 0 aromatic heterocycles. The zero-order valence-electron chi connectivity index (χ0n) is 20.7. The first kappa shape index (κ1) is 26.1. The smallest absolute Gasteiger partial charge is 0.243 e. The summed E-state index contributed by atoms with van der Waals surface area (Å²) in [6.07, 6.45) is 3.49. The number of hydrogen-bond acceptors (Lipinski definition) is 5. The molecule has 2 aliphatic heterocycles. The Morgan fingerprint density at radius 2 is 1.57 bits per heavy atom. The van der Waals surface area contributed by atoms with Crippen LogP contribution in [-0.2, 0) is 10.0 Å². The fourth-order valence-electron chi connectivity index (χ4n) is 5.06. The van der Waals surface area contributed by atoms with Gasteiger partial charge in [0, 0.05) is 19.1 Å². The largest absolute Gasteiger partial charge is 0.493 e. The second-order valence-corrected chi connectivity index (χ2v) is 12.3. The summed E-state index contributed by atoms with van der Waals surface area (Å²) in [5.74, 6) is 1.29. The van der Waals surface area contributed by atoms with Crippen molar-refractivity contribution in [3.05, 3.63) is 48.5 Å². The summed E-state index contributed by atoms with van der Waals surface area (Å²) in [7, 11) is -3.60. The van der Waals surface area contributed by atoms with E-state index in [9.17, 15) is 17.9 Å². The lowest BCUT2D eigenvalue weighted by Gasteiger charge is -2.34. The number of nitrogens with zero attached hydrogens (tertiary/aromatic N) is 2. The van der Waals surface area contributed by atoms with Crippen LogP contribution in [0.5, 0.6) is 5.75 Å². The average Bonchev–Trinajstić information content (AvgIpc) is 3.33. The highest BCUT2D eigenvalue weighted by Gasteiger charge is 2.34. The molecular formula is C27H37FN2O4S. The van der Waals surface area contributed by atoms with E-state index in [1.807, 2.05) is 36.4 Å². The zero-order valence-corrected chi connectivity index (χ0v) is 21.5. The van der Waals surface area contributed by atoms with Gasteiger partial charge in [0.1, 0.15) is 11.4 Å². The van der Waals surface area contributed by atoms with Gasteiger partial charge in [-0.05, 0) is 93.9 Å². The predicted molar refractivity (Wildman–Crippen MR) is 136 cm³/mol. The number of rotatable bonds is 9. The van der Waals surface area contributed by atoms with Crippen LogP contribution in [0.4, 0.5) is 4.39 Å². The number of sulfonamides is 1. The van der Waals surface area contributed by atoms with Gasteiger partial charge in [0.2, 0.25) is 10.0 Å². The third kappa shape index (κ3) is 6.61. The van der Waals surface area contributed by atoms with E-state index < -0.39 is 15.7 Å². The Morgan fingerprint density at radius 1 is 0.971 bits per heavy atom. The standard InChI is InChI=1S/C27H37FN2O4S/c1-27(2,28)20-29-16-13-21(14-17-29)19-34-25-9-5-22(6-10-25)23-7-11-26(12-8-23)35(32,33)30-15-3-4-24(30)18-31/h5-12,21,24,31H,3-4,13-20H2,1-2H3/t24-/m1/s1. The number of ether oxygens (including phenoxy) is 1. The normalized spacial score (nSPS) is 20.9. The molecule has 1 N–H and O–H groups in total. The molecule has 35 heavy (non-hydrogen) atoms. The number of hydrogen-bond donors (Lipinski definition) is 1. The Bertz CT molecular complexity index is 1060. The van der Waals surface area contributed by atoms with Crippen molar-refractivity contribution >= 4 is 10.0 Å². The summed E-state index contributed by atoms with van der Waals surface area (Å²) in [4.78, 5) is 2.44. The average molecular weight is 505 g/mol. The van der Waals surface area contributed by atoms with Crippen molar-refractivity contribution < 1.29 is 22.7 Å². The molecule has 2 heterocycles. The molecule has 2 fully saturated rings. The molecule has 0 unspecified atom stereocenters. The van der Waals surface area contributed by atoms with Crippen molar-refractivity contribution in [2.75, 3.05) is 39.4 Å². The van der Waals surface area contributed by atoms with Crippen LogP contribution in [0.1, 0.15) is 39.5 Å². The lowest BCUT2D eigenvalue weighted by molar-refractivity contribution is 0.0836. The van der Waals surface area contributed by atoms with Crippen LogP contribution in [-0.4, -0.2) is 73.8 Å². The van der Waals surface area contributed by atoms with E-state index in [-0.39, 0.29) is 17.5 Å². The minimum absolute atomic E-state index is 0.150. The molecule has 2 aliphatic rings. The predicted octanol–water partition coefficient (Wildman–Crippen LogP) is 4.34. The van der Waals surface area contributed by atoms with Crippen molar-refractivity contribution in [3.63, 3.8) is 0 Å². The van der Waals surface area contributed by atoms with Gasteiger partial charge in [-0.25, -0.2) is 12.8 Å². The maximum absolute atomic E-state index is 13.9. The summed E-state index contributed by atoms with van der Waals surface area (Å²) in [5, 5.41) is 9.49. The number of likely N-dealkylation sites (tertiary alicyclic amines) is 1. The van der Waals surface area contributed by atoms with Gasteiger partial charge in [-0.3, -0.25) is 0 Å². The second-order valence-electron chi connectivity index (χ2n) is 10.4. The fourth-order valence-corrected chi connectivity index (χ4v) is 6.75. The van der Waals surface area contributed by atoms with Crippen LogP contribution in [0.25, 0.3) is 11.1 Å². The molecule has 2 saturated heterocycles. The molecule has 0 aliphatic carbocycles. The van der Waals surface area contributed by atoms with E-state index in [1.165, 1.54) is 4.31 Å². The van der Waals surface area contributed by atoms with E-state index in [0.717, 1.165) is 49.2 Å². The Kier molecular flexibility index (Phi) is 8.16. The Hall–Kier alpha value is -2.00. The molecule has 0 saturated carbocycles. The summed E-state index contributed by atoms with van der Waals surface area (Å²) in [5.41, 5.74) is 0.757. The van der Waals surface area contributed by atoms with Crippen molar-refractivity contribution in [3.8, 4) is 16.9 Å². The lowest BCUT2D eigenvalue weighted by atomic mass is 9.97. The van der Waals surface area contributed by atoms with Gasteiger partial charge in [-0.15, -0.1) is 0 Å². The van der Waals surface area contributed by atoms with E-state index >= 15 is 0 Å². The van der Waals surface area contributed by atoms with Gasteiger partial charge in [-0.1, -0.05) is 24.3 Å². The molecule has 4 rings (SSSR count). The second kappa shape index (κ2) is 10.9. The van der Waals surface area contributed by atoms with Crippen molar-refractivity contribution in [2.24, 2.45) is 5.92 Å². The van der Waals surface area contributed by atoms with Gasteiger partial charge < -0.3 is 14.7 Å². The van der Waals surface area contributed by atoms with Gasteiger partial charge >= 0.3 is 0 Å². The highest BCUT2D eigenvalue weighted by atomic mass is 32.2. The fraction of sp³-hybridized carbons (Fsp3) is 0.556. The molecule has 0 amide bonds. The first-order valence-corrected chi connectivity index (χ1v) is 14.0. The molecule has 1 atom stereocenters. The molecule has 2 aromatic rings. The topological polar surface area (TPSA) is 70.1 Å². The molecule has 0 radical (unpaired) electrons. The van der Waals surface area contributed by atoms with Crippen molar-refractivity contribution in [2.45, 2.75) is 56.1 Å². The monoisotopic (exact) mass is 504 g/mol. The molecule has 0 bridgehead atoms. The van der Waals surface area contributed by atoms with E-state index in [4.69, 9.17) is 4.74 Å². The van der Waals surface area contributed by atoms with E-state index in [1.54, 1.807) is 26.0 Å². The van der Waals surface area contributed by atoms with E-state index in [0.29, 0.717) is 32.0 Å². The SMILES string of the molecule is CC(C)(F)CN1CCC(COc2ccc(-c3ccc(S(=O)(=O)N4CCC[C@@H]4CO)cc3)cc2)CC1. The van der Waals surface area contributed by atoms with Crippen molar-refractivity contribution in [1.82, 2.24) is 9.21 Å². The first-order chi connectivity index (χ1) is 16.7. The number of aliphatic hydroxyl groups is 1. The molecular weight excluding hydrogens is 467 g/mol. The molecule has 0 spiro atoms. The van der Waals surface area contributed by atoms with Crippen LogP contribution < -0.4 is 4.74 Å². The van der Waals surface area contributed by atoms with Gasteiger partial charge in [0.25, 0.3) is 0 Å². The summed E-state index contributed by atoms with van der Waals surface area (Å²) >= 11 is 0. The van der Waals surface area contributed by atoms with E-state index in [2.05, 4.69) is 4.90 Å². The van der Waals surface area contributed by atoms with Crippen LogP contribution in [0, 0.1) is 5.92 Å². The van der Waals surface area contributed by atoms with Gasteiger partial charge in [0.05, 0.1) is 18.1 Å². The highest BCUT2D eigenvalue weighted by Crippen LogP contribution is 2.29. The van der Waals surface area contributed by atoms with Crippen LogP contribution in [0.3, 0.4) is 0 Å². The minimum atomic E-state index is -3.60. The molecule has 192 valence electrons. The number of aliphatic hydroxyl groups excluding tert-OH is 1. The quantitative estimate of drug-likeness (QED) is 0.550. The van der Waals surface area contributed by atoms with Gasteiger partial charge in [0.15, 0.2) is 0 Å². The number of alkyl halides is 1. The van der Waals surface area contributed by atoms with Crippen LogP contribution in [0.15, 0.2) is 53.4 Å². The Labute approximate surface area is 208 Å². The maximum Gasteiger partial charge on any atom is 0.243 e. The number of halogens is 1. The number of benzene rings is 2. The third-order valence-electron chi connectivity index (χ3n) is 6.97. The minimum Gasteiger partial charge on any atom is -0.493 e. The Balaban J connectivity index is 1.30. The summed E-state index contributed by atoms with van der Waals surface area (Å²) < 4.78 is 47.2. The molecule has 8 heteroatoms. The summed E-state index contributed by atoms with van der Waals surface area (Å²) in [6.45, 7) is 6.51. The van der Waals surface area contributed by atoms with Gasteiger partial charge in [-0.2, -0.15) is 4.31 Å². The first-order valence-electron chi connectivity index (χ1n) is 12.5. The maximum atomic E-state index is 13.9. The van der Waals surface area contributed by atoms with Crippen LogP contribution in [0.2, 0.25) is 0 Å². The summed E-state index contributed by atoms with van der Waals surface area (Å²) in [6, 6.07) is 14.4. The molecule has 6 nitrogen and oxygen atoms in total. The zero-order chi connectivity index (χ0) is 25.1.